The first-order chi connectivity index (χ1) is 26.8. The molecule has 0 aliphatic carbocycles. The number of carbonyl (C=O) groups excluding carboxylic acids is 2. The summed E-state index contributed by atoms with van der Waals surface area (Å²) in [5.74, 6) is -0.856. The second kappa shape index (κ2) is 41.3. The summed E-state index contributed by atoms with van der Waals surface area (Å²) < 4.78 is 32.8. The number of hydrogen-bond acceptors (Lipinski definition) is 8. The standard InChI is InChI=1S/C45H80NO8P/c1-3-5-7-9-11-13-15-17-19-20-21-22-24-25-27-29-31-33-35-37-44(47)51-41-43(42-53-55(49,50)52-40-39-46)54-45(48)38-36-34-32-30-28-26-23-18-16-14-12-10-8-6-4-2/h6,8,11-14,17-19,23,43H,3-5,7,9-10,15-16,20-22,24-42,46H2,1-2H3,(H,49,50)/b8-6-,13-11-,14-12-,19-17-,23-18-. The quantitative estimate of drug-likeness (QED) is 0.0269. The Kier molecular flexibility index (Phi) is 39.6. The van der Waals surface area contributed by atoms with E-state index >= 15 is 0 Å². The molecule has 0 spiro atoms. The first kappa shape index (κ1) is 52.7. The molecule has 318 valence electrons. The predicted molar refractivity (Wildman–Crippen MR) is 229 cm³/mol. The van der Waals surface area contributed by atoms with Gasteiger partial charge in [-0.2, -0.15) is 0 Å². The number of rotatable bonds is 40. The maximum atomic E-state index is 12.6. The smallest absolute Gasteiger partial charge is 0.462 e. The molecular formula is C45H80NO8P. The summed E-state index contributed by atoms with van der Waals surface area (Å²) in [5.41, 5.74) is 5.34. The molecule has 2 unspecified atom stereocenters. The van der Waals surface area contributed by atoms with Crippen LogP contribution in [0.5, 0.6) is 0 Å². The van der Waals surface area contributed by atoms with Crippen molar-refractivity contribution in [3.05, 3.63) is 60.8 Å². The van der Waals surface area contributed by atoms with Gasteiger partial charge in [-0.15, -0.1) is 0 Å². The van der Waals surface area contributed by atoms with Crippen molar-refractivity contribution >= 4 is 19.8 Å². The largest absolute Gasteiger partial charge is 0.472 e. The number of phosphoric acid groups is 1. The van der Waals surface area contributed by atoms with E-state index in [2.05, 4.69) is 74.6 Å². The fourth-order valence-corrected chi connectivity index (χ4v) is 6.44. The number of hydrogen-bond donors (Lipinski definition) is 2. The van der Waals surface area contributed by atoms with E-state index in [4.69, 9.17) is 24.3 Å². The third-order valence-electron chi connectivity index (χ3n) is 8.89. The number of esters is 2. The van der Waals surface area contributed by atoms with Crippen molar-refractivity contribution in [2.45, 2.75) is 187 Å². The van der Waals surface area contributed by atoms with Crippen LogP contribution in [0.3, 0.4) is 0 Å². The van der Waals surface area contributed by atoms with E-state index in [-0.39, 0.29) is 32.6 Å². The van der Waals surface area contributed by atoms with Gasteiger partial charge in [-0.05, 0) is 77.0 Å². The molecule has 10 heteroatoms. The van der Waals surface area contributed by atoms with E-state index in [1.54, 1.807) is 0 Å². The molecule has 0 rings (SSSR count). The van der Waals surface area contributed by atoms with Crippen LogP contribution in [0.2, 0.25) is 0 Å². The maximum absolute atomic E-state index is 12.6. The Morgan fingerprint density at radius 1 is 0.564 bits per heavy atom. The van der Waals surface area contributed by atoms with Gasteiger partial charge in [-0.1, -0.05) is 152 Å². The van der Waals surface area contributed by atoms with Gasteiger partial charge in [0.1, 0.15) is 6.61 Å². The van der Waals surface area contributed by atoms with Crippen LogP contribution in [0.1, 0.15) is 181 Å². The average molecular weight is 794 g/mol. The number of unbranched alkanes of at least 4 members (excludes halogenated alkanes) is 17. The van der Waals surface area contributed by atoms with Gasteiger partial charge in [0.15, 0.2) is 6.10 Å². The zero-order chi connectivity index (χ0) is 40.3. The molecule has 0 radical (unpaired) electrons. The molecule has 0 aromatic heterocycles. The molecule has 2 atom stereocenters. The van der Waals surface area contributed by atoms with E-state index in [1.807, 2.05) is 0 Å². The summed E-state index contributed by atoms with van der Waals surface area (Å²) in [4.78, 5) is 34.9. The fraction of sp³-hybridized carbons (Fsp3) is 0.733. The van der Waals surface area contributed by atoms with Gasteiger partial charge in [0.05, 0.1) is 13.2 Å². The Bertz CT molecular complexity index is 1090. The average Bonchev–Trinajstić information content (AvgIpc) is 3.17. The second-order valence-electron chi connectivity index (χ2n) is 14.2. The van der Waals surface area contributed by atoms with Crippen LogP contribution in [-0.4, -0.2) is 49.3 Å². The number of carbonyl (C=O) groups is 2. The Balaban J connectivity index is 4.17. The molecular weight excluding hydrogens is 713 g/mol. The molecule has 0 saturated heterocycles. The summed E-state index contributed by atoms with van der Waals surface area (Å²) in [6.45, 7) is 3.56. The number of phosphoric ester groups is 1. The lowest BCUT2D eigenvalue weighted by Gasteiger charge is -2.19. The van der Waals surface area contributed by atoms with Crippen molar-refractivity contribution in [2.24, 2.45) is 5.73 Å². The molecule has 55 heavy (non-hydrogen) atoms. The van der Waals surface area contributed by atoms with Gasteiger partial charge in [0, 0.05) is 19.4 Å². The van der Waals surface area contributed by atoms with E-state index in [0.717, 1.165) is 89.9 Å². The summed E-state index contributed by atoms with van der Waals surface area (Å²) in [6, 6.07) is 0. The molecule has 0 bridgehead atoms. The van der Waals surface area contributed by atoms with Gasteiger partial charge in [-0.3, -0.25) is 18.6 Å². The van der Waals surface area contributed by atoms with E-state index in [1.165, 1.54) is 57.8 Å². The first-order valence-corrected chi connectivity index (χ1v) is 23.3. The Morgan fingerprint density at radius 2 is 1.00 bits per heavy atom. The molecule has 0 aliphatic heterocycles. The molecule has 9 nitrogen and oxygen atoms in total. The van der Waals surface area contributed by atoms with Crippen molar-refractivity contribution in [3.8, 4) is 0 Å². The Hall–Kier alpha value is -2.29. The van der Waals surface area contributed by atoms with Crippen LogP contribution in [-0.2, 0) is 32.7 Å². The lowest BCUT2D eigenvalue weighted by molar-refractivity contribution is -0.161. The fourth-order valence-electron chi connectivity index (χ4n) is 5.68. The number of allylic oxidation sites excluding steroid dienone is 10. The monoisotopic (exact) mass is 794 g/mol. The topological polar surface area (TPSA) is 134 Å². The van der Waals surface area contributed by atoms with Crippen molar-refractivity contribution < 1.29 is 37.6 Å². The predicted octanol–water partition coefficient (Wildman–Crippen LogP) is 12.5. The molecule has 0 amide bonds. The highest BCUT2D eigenvalue weighted by atomic mass is 31.2. The van der Waals surface area contributed by atoms with Crippen LogP contribution >= 0.6 is 7.82 Å². The van der Waals surface area contributed by atoms with Crippen LogP contribution in [0.4, 0.5) is 0 Å². The number of ether oxygens (including phenoxy) is 2. The van der Waals surface area contributed by atoms with E-state index < -0.39 is 32.5 Å². The van der Waals surface area contributed by atoms with Crippen molar-refractivity contribution in [1.82, 2.24) is 0 Å². The van der Waals surface area contributed by atoms with Gasteiger partial charge >= 0.3 is 19.8 Å². The highest BCUT2D eigenvalue weighted by Gasteiger charge is 2.26. The maximum Gasteiger partial charge on any atom is 0.472 e. The van der Waals surface area contributed by atoms with Crippen molar-refractivity contribution in [2.75, 3.05) is 26.4 Å². The second-order valence-corrected chi connectivity index (χ2v) is 15.6. The van der Waals surface area contributed by atoms with E-state index in [0.29, 0.717) is 6.42 Å². The van der Waals surface area contributed by atoms with Crippen LogP contribution in [0.15, 0.2) is 60.8 Å². The normalized spacial score (nSPS) is 13.9. The molecule has 0 aliphatic rings. The highest BCUT2D eigenvalue weighted by Crippen LogP contribution is 2.43. The van der Waals surface area contributed by atoms with Crippen LogP contribution in [0, 0.1) is 0 Å². The van der Waals surface area contributed by atoms with Gasteiger partial charge in [-0.25, -0.2) is 4.57 Å². The minimum atomic E-state index is -4.38. The number of nitrogens with two attached hydrogens (primary N) is 1. The lowest BCUT2D eigenvalue weighted by Crippen LogP contribution is -2.29. The SMILES string of the molecule is CC/C=C\C/C=C\C/C=C\CCCCCCCC(=O)OC(COC(=O)CCCCCCCCCCC/C=C\C/C=C\CCCCC)COP(=O)(O)OCCN. The van der Waals surface area contributed by atoms with Gasteiger partial charge in [0.25, 0.3) is 0 Å². The molecule has 0 saturated carbocycles. The lowest BCUT2D eigenvalue weighted by atomic mass is 10.1. The van der Waals surface area contributed by atoms with Crippen LogP contribution in [0.25, 0.3) is 0 Å². The summed E-state index contributed by atoms with van der Waals surface area (Å²) in [6.07, 6.45) is 48.2. The minimum Gasteiger partial charge on any atom is -0.462 e. The molecule has 0 aromatic carbocycles. The molecule has 3 N–H and O–H groups in total. The molecule has 0 heterocycles. The summed E-state index contributed by atoms with van der Waals surface area (Å²) in [5, 5.41) is 0. The summed E-state index contributed by atoms with van der Waals surface area (Å²) in [7, 11) is -4.38. The zero-order valence-electron chi connectivity index (χ0n) is 34.9. The Morgan fingerprint density at radius 3 is 1.49 bits per heavy atom. The van der Waals surface area contributed by atoms with Crippen LogP contribution < -0.4 is 5.73 Å². The van der Waals surface area contributed by atoms with Crippen molar-refractivity contribution in [1.29, 1.82) is 0 Å². The minimum absolute atomic E-state index is 0.0472. The zero-order valence-corrected chi connectivity index (χ0v) is 35.8. The third kappa shape index (κ3) is 41.2. The first-order valence-electron chi connectivity index (χ1n) is 21.8. The van der Waals surface area contributed by atoms with Gasteiger partial charge in [0.2, 0.25) is 0 Å². The molecule has 0 fully saturated rings. The van der Waals surface area contributed by atoms with E-state index in [9.17, 15) is 19.0 Å². The highest BCUT2D eigenvalue weighted by molar-refractivity contribution is 7.47. The Labute approximate surface area is 336 Å². The summed E-state index contributed by atoms with van der Waals surface area (Å²) >= 11 is 0. The van der Waals surface area contributed by atoms with Crippen molar-refractivity contribution in [3.63, 3.8) is 0 Å². The molecule has 0 aromatic rings. The third-order valence-corrected chi connectivity index (χ3v) is 9.87. The van der Waals surface area contributed by atoms with Gasteiger partial charge < -0.3 is 20.1 Å².